The van der Waals surface area contributed by atoms with Crippen molar-refractivity contribution in [3.63, 3.8) is 0 Å². The standard InChI is InChI=1S/C62H41NO/c1-4-18-43(19-5-1)61(55-30-13-14-31-56(55)62(44-20-6-2-7-21-44)54-29-12-10-24-50(54)52-27-17-32-57(61)59(52)62)45-36-40-48(41-37-45)63(46-22-8-3-9-23-46)47-38-34-42(35-39-47)49-26-16-28-53-51-25-11-15-33-58(51)64-60(49)53/h1-41H. The SMILES string of the molecule is c1ccc(N(c2ccc(-c3cccc4c3oc3ccccc34)cc2)c2ccc(C3(c4ccccc4)c4ccccc4C4(c5ccccc5)c5ccccc5-c5cccc3c54)cc2)cc1. The molecule has 0 saturated heterocycles. The van der Waals surface area contributed by atoms with Gasteiger partial charge in [-0.3, -0.25) is 0 Å². The first-order valence-electron chi connectivity index (χ1n) is 22.2. The van der Waals surface area contributed by atoms with Crippen molar-refractivity contribution < 1.29 is 4.42 Å². The van der Waals surface area contributed by atoms with Gasteiger partial charge in [-0.1, -0.05) is 206 Å². The molecule has 2 aliphatic carbocycles. The topological polar surface area (TPSA) is 16.4 Å². The number of rotatable bonds is 7. The van der Waals surface area contributed by atoms with Crippen LogP contribution in [0.4, 0.5) is 17.1 Å². The molecular weight excluding hydrogens is 775 g/mol. The van der Waals surface area contributed by atoms with Gasteiger partial charge in [0.25, 0.3) is 0 Å². The molecule has 2 unspecified atom stereocenters. The quantitative estimate of drug-likeness (QED) is 0.159. The summed E-state index contributed by atoms with van der Waals surface area (Å²) in [6.45, 7) is 0. The Bertz CT molecular complexity index is 3540. The number of furan rings is 1. The van der Waals surface area contributed by atoms with Crippen LogP contribution in [0.3, 0.4) is 0 Å². The lowest BCUT2D eigenvalue weighted by atomic mass is 9.52. The van der Waals surface area contributed by atoms with Gasteiger partial charge in [0, 0.05) is 33.4 Å². The number of benzene rings is 10. The summed E-state index contributed by atoms with van der Waals surface area (Å²) in [7, 11) is 0. The van der Waals surface area contributed by atoms with Gasteiger partial charge in [0.1, 0.15) is 11.2 Å². The lowest BCUT2D eigenvalue weighted by molar-refractivity contribution is 0.626. The Morgan fingerprint density at radius 3 is 1.48 bits per heavy atom. The van der Waals surface area contributed by atoms with E-state index in [1.54, 1.807) is 0 Å². The third kappa shape index (κ3) is 5.02. The fourth-order valence-corrected chi connectivity index (χ4v) is 11.5. The fourth-order valence-electron chi connectivity index (χ4n) is 11.5. The highest BCUT2D eigenvalue weighted by Crippen LogP contribution is 2.65. The maximum absolute atomic E-state index is 6.45. The zero-order valence-electron chi connectivity index (χ0n) is 35.0. The van der Waals surface area contributed by atoms with Gasteiger partial charge >= 0.3 is 0 Å². The van der Waals surface area contributed by atoms with E-state index in [4.69, 9.17) is 4.42 Å². The largest absolute Gasteiger partial charge is 0.455 e. The number of hydrogen-bond donors (Lipinski definition) is 0. The average Bonchev–Trinajstić information content (AvgIpc) is 3.91. The lowest BCUT2D eigenvalue weighted by Crippen LogP contribution is -2.44. The second-order valence-electron chi connectivity index (χ2n) is 17.1. The lowest BCUT2D eigenvalue weighted by Gasteiger charge is -2.49. The number of nitrogens with zero attached hydrogens (tertiary/aromatic N) is 1. The van der Waals surface area contributed by atoms with E-state index < -0.39 is 10.8 Å². The molecule has 13 rings (SSSR count). The molecule has 10 aromatic carbocycles. The van der Waals surface area contributed by atoms with Crippen molar-refractivity contribution in [2.75, 3.05) is 4.90 Å². The molecular formula is C62H41NO. The molecule has 0 amide bonds. The molecule has 2 aliphatic rings. The Labute approximate surface area is 373 Å². The molecule has 0 N–H and O–H groups in total. The summed E-state index contributed by atoms with van der Waals surface area (Å²) in [5.41, 5.74) is 19.2. The van der Waals surface area contributed by atoms with E-state index in [1.807, 2.05) is 12.1 Å². The van der Waals surface area contributed by atoms with Crippen molar-refractivity contribution in [3.8, 4) is 22.3 Å². The van der Waals surface area contributed by atoms with Gasteiger partial charge in [-0.25, -0.2) is 0 Å². The molecule has 11 aromatic rings. The molecule has 300 valence electrons. The van der Waals surface area contributed by atoms with E-state index in [0.29, 0.717) is 0 Å². The van der Waals surface area contributed by atoms with Gasteiger partial charge in [0.2, 0.25) is 0 Å². The summed E-state index contributed by atoms with van der Waals surface area (Å²) in [6.07, 6.45) is 0. The molecule has 1 aromatic heterocycles. The molecule has 2 atom stereocenters. The van der Waals surface area contributed by atoms with E-state index in [2.05, 4.69) is 241 Å². The summed E-state index contributed by atoms with van der Waals surface area (Å²) in [6, 6.07) is 91.4. The minimum absolute atomic E-state index is 0.481. The molecule has 0 spiro atoms. The first-order chi connectivity index (χ1) is 31.8. The van der Waals surface area contributed by atoms with Crippen molar-refractivity contribution in [2.24, 2.45) is 0 Å². The van der Waals surface area contributed by atoms with Gasteiger partial charge in [0.15, 0.2) is 0 Å². The Balaban J connectivity index is 0.999. The van der Waals surface area contributed by atoms with Crippen LogP contribution < -0.4 is 4.90 Å². The molecule has 0 aliphatic heterocycles. The molecule has 2 heteroatoms. The molecule has 2 nitrogen and oxygen atoms in total. The van der Waals surface area contributed by atoms with E-state index >= 15 is 0 Å². The number of fused-ring (bicyclic) bond motifs is 8. The Morgan fingerprint density at radius 2 is 0.766 bits per heavy atom. The first kappa shape index (κ1) is 36.5. The monoisotopic (exact) mass is 815 g/mol. The fraction of sp³-hybridized carbons (Fsp3) is 0.0323. The van der Waals surface area contributed by atoms with Crippen LogP contribution in [0.15, 0.2) is 253 Å². The van der Waals surface area contributed by atoms with Crippen LogP contribution in [0.5, 0.6) is 0 Å². The number of para-hydroxylation sites is 3. The van der Waals surface area contributed by atoms with Crippen LogP contribution >= 0.6 is 0 Å². The summed E-state index contributed by atoms with van der Waals surface area (Å²) in [5.74, 6) is 0. The summed E-state index contributed by atoms with van der Waals surface area (Å²) in [5, 5.41) is 2.27. The zero-order chi connectivity index (χ0) is 42.2. The minimum atomic E-state index is -0.612. The third-order valence-electron chi connectivity index (χ3n) is 14.0. The van der Waals surface area contributed by atoms with Gasteiger partial charge in [-0.05, 0) is 104 Å². The van der Waals surface area contributed by atoms with Crippen LogP contribution in [-0.4, -0.2) is 0 Å². The number of hydrogen-bond acceptors (Lipinski definition) is 2. The second kappa shape index (κ2) is 14.2. The molecule has 0 saturated carbocycles. The van der Waals surface area contributed by atoms with Crippen molar-refractivity contribution in [1.29, 1.82) is 0 Å². The van der Waals surface area contributed by atoms with Gasteiger partial charge in [0.05, 0.1) is 10.8 Å². The summed E-state index contributed by atoms with van der Waals surface area (Å²) < 4.78 is 6.45. The average molecular weight is 816 g/mol. The van der Waals surface area contributed by atoms with E-state index in [0.717, 1.165) is 50.1 Å². The highest BCUT2D eigenvalue weighted by atomic mass is 16.3. The predicted molar refractivity (Wildman–Crippen MR) is 263 cm³/mol. The normalized spacial score (nSPS) is 16.9. The van der Waals surface area contributed by atoms with Crippen LogP contribution in [0.25, 0.3) is 44.2 Å². The number of anilines is 3. The molecule has 0 radical (unpaired) electrons. The second-order valence-corrected chi connectivity index (χ2v) is 17.1. The first-order valence-corrected chi connectivity index (χ1v) is 22.2. The van der Waals surface area contributed by atoms with Crippen LogP contribution in [0.2, 0.25) is 0 Å². The van der Waals surface area contributed by atoms with Crippen molar-refractivity contribution in [1.82, 2.24) is 0 Å². The Kier molecular flexibility index (Phi) is 8.07. The van der Waals surface area contributed by atoms with Gasteiger partial charge in [-0.15, -0.1) is 0 Å². The highest BCUT2D eigenvalue weighted by molar-refractivity contribution is 6.09. The minimum Gasteiger partial charge on any atom is -0.455 e. The Hall–Kier alpha value is -8.20. The zero-order valence-corrected chi connectivity index (χ0v) is 35.0. The van der Waals surface area contributed by atoms with Crippen molar-refractivity contribution in [3.05, 3.63) is 293 Å². The molecule has 0 fully saturated rings. The van der Waals surface area contributed by atoms with Crippen molar-refractivity contribution in [2.45, 2.75) is 10.8 Å². The summed E-state index contributed by atoms with van der Waals surface area (Å²) >= 11 is 0. The van der Waals surface area contributed by atoms with Gasteiger partial charge in [-0.2, -0.15) is 0 Å². The van der Waals surface area contributed by atoms with E-state index in [-0.39, 0.29) is 0 Å². The molecule has 64 heavy (non-hydrogen) atoms. The Morgan fingerprint density at radius 1 is 0.297 bits per heavy atom. The molecule has 1 heterocycles. The van der Waals surface area contributed by atoms with E-state index in [9.17, 15) is 0 Å². The molecule has 0 bridgehead atoms. The van der Waals surface area contributed by atoms with Crippen LogP contribution in [0, 0.1) is 0 Å². The summed E-state index contributed by atoms with van der Waals surface area (Å²) in [4.78, 5) is 2.36. The van der Waals surface area contributed by atoms with Crippen molar-refractivity contribution >= 4 is 39.0 Å². The predicted octanol–water partition coefficient (Wildman–Crippen LogP) is 15.8. The van der Waals surface area contributed by atoms with Crippen LogP contribution in [-0.2, 0) is 10.8 Å². The van der Waals surface area contributed by atoms with E-state index in [1.165, 1.54) is 55.6 Å². The maximum atomic E-state index is 6.45. The smallest absolute Gasteiger partial charge is 0.143 e. The highest BCUT2D eigenvalue weighted by Gasteiger charge is 2.57. The van der Waals surface area contributed by atoms with Gasteiger partial charge < -0.3 is 9.32 Å². The van der Waals surface area contributed by atoms with Crippen LogP contribution in [0.1, 0.15) is 44.5 Å². The maximum Gasteiger partial charge on any atom is 0.143 e. The third-order valence-corrected chi connectivity index (χ3v) is 14.0.